The number of hydrogen-bond donors (Lipinski definition) is 2. The van der Waals surface area contributed by atoms with Crippen molar-refractivity contribution in [1.29, 1.82) is 0 Å². The van der Waals surface area contributed by atoms with Gasteiger partial charge in [0, 0.05) is 12.6 Å². The first-order valence-corrected chi connectivity index (χ1v) is 6.03. The van der Waals surface area contributed by atoms with Crippen molar-refractivity contribution in [3.63, 3.8) is 0 Å². The van der Waals surface area contributed by atoms with Gasteiger partial charge in [0.2, 0.25) is 5.91 Å². The van der Waals surface area contributed by atoms with Gasteiger partial charge in [-0.1, -0.05) is 24.9 Å². The summed E-state index contributed by atoms with van der Waals surface area (Å²) in [5.74, 6) is -0.615. The number of hydrogen-bond acceptors (Lipinski definition) is 2. The average molecular weight is 257 g/mol. The lowest BCUT2D eigenvalue weighted by Crippen LogP contribution is -2.25. The van der Waals surface area contributed by atoms with E-state index in [0.29, 0.717) is 17.9 Å². The number of fused-ring (bicyclic) bond motifs is 1. The van der Waals surface area contributed by atoms with Crippen LogP contribution in [0.1, 0.15) is 19.8 Å². The summed E-state index contributed by atoms with van der Waals surface area (Å²) in [7, 11) is 0. The first-order chi connectivity index (χ1) is 8.11. The van der Waals surface area contributed by atoms with Gasteiger partial charge in [0.25, 0.3) is 0 Å². The minimum Gasteiger partial charge on any atom is -0.382 e. The minimum absolute atomic E-state index is 0.0137. The van der Waals surface area contributed by atoms with Crippen molar-refractivity contribution < 1.29 is 9.18 Å². The Balaban J connectivity index is 2.28. The highest BCUT2D eigenvalue weighted by molar-refractivity contribution is 6.31. The Bertz CT molecular complexity index is 450. The molecule has 1 amide bonds. The third kappa shape index (κ3) is 2.52. The van der Waals surface area contributed by atoms with Crippen LogP contribution in [0.4, 0.5) is 15.8 Å². The van der Waals surface area contributed by atoms with Gasteiger partial charge in [-0.3, -0.25) is 4.79 Å². The zero-order valence-corrected chi connectivity index (χ0v) is 10.3. The van der Waals surface area contributed by atoms with Gasteiger partial charge in [-0.25, -0.2) is 4.39 Å². The van der Waals surface area contributed by atoms with Crippen LogP contribution in [0.15, 0.2) is 12.1 Å². The molecule has 3 nitrogen and oxygen atoms in total. The number of anilines is 2. The van der Waals surface area contributed by atoms with E-state index < -0.39 is 5.82 Å². The molecule has 1 atom stereocenters. The van der Waals surface area contributed by atoms with Gasteiger partial charge in [0.1, 0.15) is 5.82 Å². The molecule has 92 valence electrons. The summed E-state index contributed by atoms with van der Waals surface area (Å²) < 4.78 is 13.3. The number of carbonyl (C=O) groups is 1. The van der Waals surface area contributed by atoms with Crippen LogP contribution in [0.2, 0.25) is 5.02 Å². The van der Waals surface area contributed by atoms with E-state index in [1.807, 2.05) is 6.92 Å². The SMILES string of the molecule is CCCC1CNc2cc(F)c(Cl)cc2NC1=O. The second-order valence-corrected chi connectivity index (χ2v) is 4.57. The van der Waals surface area contributed by atoms with E-state index in [9.17, 15) is 9.18 Å². The molecule has 0 aromatic heterocycles. The Morgan fingerprint density at radius 2 is 2.24 bits per heavy atom. The molecule has 1 heterocycles. The number of carbonyl (C=O) groups excluding carboxylic acids is 1. The Labute approximate surface area is 104 Å². The van der Waals surface area contributed by atoms with Crippen molar-refractivity contribution in [2.75, 3.05) is 17.2 Å². The normalized spacial score (nSPS) is 19.0. The first kappa shape index (κ1) is 12.2. The maximum Gasteiger partial charge on any atom is 0.229 e. The van der Waals surface area contributed by atoms with Crippen LogP contribution in [0.25, 0.3) is 0 Å². The molecule has 0 radical (unpaired) electrons. The molecule has 2 N–H and O–H groups in total. The smallest absolute Gasteiger partial charge is 0.229 e. The minimum atomic E-state index is -0.485. The summed E-state index contributed by atoms with van der Waals surface area (Å²) >= 11 is 5.69. The highest BCUT2D eigenvalue weighted by Crippen LogP contribution is 2.31. The number of amides is 1. The van der Waals surface area contributed by atoms with Gasteiger partial charge in [0.05, 0.1) is 22.3 Å². The molecule has 1 aliphatic heterocycles. The molecule has 17 heavy (non-hydrogen) atoms. The summed E-state index contributed by atoms with van der Waals surface area (Å²) in [6.07, 6.45) is 1.74. The molecule has 0 spiro atoms. The summed E-state index contributed by atoms with van der Waals surface area (Å²) in [5.41, 5.74) is 1.12. The van der Waals surface area contributed by atoms with Crippen molar-refractivity contribution in [1.82, 2.24) is 0 Å². The Morgan fingerprint density at radius 1 is 1.47 bits per heavy atom. The predicted octanol–water partition coefficient (Wildman–Crippen LogP) is 3.26. The Morgan fingerprint density at radius 3 is 2.94 bits per heavy atom. The van der Waals surface area contributed by atoms with E-state index in [1.54, 1.807) is 0 Å². The van der Waals surface area contributed by atoms with Crippen LogP contribution in [0.5, 0.6) is 0 Å². The maximum absolute atomic E-state index is 13.3. The van der Waals surface area contributed by atoms with Crippen molar-refractivity contribution in [3.05, 3.63) is 23.0 Å². The third-order valence-electron chi connectivity index (χ3n) is 2.87. The van der Waals surface area contributed by atoms with Crippen LogP contribution in [-0.4, -0.2) is 12.5 Å². The van der Waals surface area contributed by atoms with E-state index in [1.165, 1.54) is 12.1 Å². The number of nitrogens with one attached hydrogen (secondary N) is 2. The second kappa shape index (κ2) is 4.92. The van der Waals surface area contributed by atoms with Crippen LogP contribution in [0, 0.1) is 11.7 Å². The molecule has 2 rings (SSSR count). The number of rotatable bonds is 2. The monoisotopic (exact) mass is 256 g/mol. The summed E-state index contributed by atoms with van der Waals surface area (Å²) in [4.78, 5) is 11.9. The van der Waals surface area contributed by atoms with Gasteiger partial charge < -0.3 is 10.6 Å². The fraction of sp³-hybridized carbons (Fsp3) is 0.417. The number of benzene rings is 1. The highest BCUT2D eigenvalue weighted by Gasteiger charge is 2.23. The van der Waals surface area contributed by atoms with Gasteiger partial charge in [-0.05, 0) is 12.5 Å². The van der Waals surface area contributed by atoms with E-state index in [2.05, 4.69) is 10.6 Å². The summed E-state index contributed by atoms with van der Waals surface area (Å²) in [6.45, 7) is 2.55. The van der Waals surface area contributed by atoms with Crippen LogP contribution >= 0.6 is 11.6 Å². The highest BCUT2D eigenvalue weighted by atomic mass is 35.5. The molecule has 1 aliphatic rings. The summed E-state index contributed by atoms with van der Waals surface area (Å²) in [5, 5.41) is 5.86. The fourth-order valence-electron chi connectivity index (χ4n) is 1.94. The zero-order valence-electron chi connectivity index (χ0n) is 9.52. The molecular formula is C12H14ClFN2O. The predicted molar refractivity (Wildman–Crippen MR) is 66.9 cm³/mol. The van der Waals surface area contributed by atoms with E-state index in [4.69, 9.17) is 11.6 Å². The number of halogens is 2. The van der Waals surface area contributed by atoms with Gasteiger partial charge in [0.15, 0.2) is 0 Å². The topological polar surface area (TPSA) is 41.1 Å². The van der Waals surface area contributed by atoms with Crippen LogP contribution in [-0.2, 0) is 4.79 Å². The Hall–Kier alpha value is -1.29. The molecule has 0 fully saturated rings. The zero-order chi connectivity index (χ0) is 12.4. The molecule has 0 saturated carbocycles. The van der Waals surface area contributed by atoms with E-state index in [0.717, 1.165) is 12.8 Å². The largest absolute Gasteiger partial charge is 0.382 e. The van der Waals surface area contributed by atoms with Crippen molar-refractivity contribution >= 4 is 28.9 Å². The molecular weight excluding hydrogens is 243 g/mol. The fourth-order valence-corrected chi connectivity index (χ4v) is 2.10. The van der Waals surface area contributed by atoms with E-state index >= 15 is 0 Å². The van der Waals surface area contributed by atoms with Crippen LogP contribution < -0.4 is 10.6 Å². The summed E-state index contributed by atoms with van der Waals surface area (Å²) in [6, 6.07) is 2.75. The Kier molecular flexibility index (Phi) is 3.52. The molecule has 1 unspecified atom stereocenters. The lowest BCUT2D eigenvalue weighted by Gasteiger charge is -2.11. The van der Waals surface area contributed by atoms with Gasteiger partial charge in [-0.15, -0.1) is 0 Å². The molecule has 1 aromatic carbocycles. The lowest BCUT2D eigenvalue weighted by molar-refractivity contribution is -0.119. The average Bonchev–Trinajstić information content (AvgIpc) is 2.42. The quantitative estimate of drug-likeness (QED) is 0.853. The molecule has 0 saturated heterocycles. The molecule has 0 aliphatic carbocycles. The molecule has 0 bridgehead atoms. The van der Waals surface area contributed by atoms with E-state index in [-0.39, 0.29) is 16.8 Å². The van der Waals surface area contributed by atoms with Crippen molar-refractivity contribution in [2.45, 2.75) is 19.8 Å². The third-order valence-corrected chi connectivity index (χ3v) is 3.15. The lowest BCUT2D eigenvalue weighted by atomic mass is 10.0. The first-order valence-electron chi connectivity index (χ1n) is 5.65. The van der Waals surface area contributed by atoms with Crippen molar-refractivity contribution in [2.24, 2.45) is 5.92 Å². The molecule has 5 heteroatoms. The maximum atomic E-state index is 13.3. The van der Waals surface area contributed by atoms with Crippen LogP contribution in [0.3, 0.4) is 0 Å². The second-order valence-electron chi connectivity index (χ2n) is 4.17. The van der Waals surface area contributed by atoms with Gasteiger partial charge >= 0.3 is 0 Å². The standard InChI is InChI=1S/C12H14ClFN2O/c1-2-3-7-6-15-10-5-9(14)8(13)4-11(10)16-12(7)17/h4-5,7,15H,2-3,6H2,1H3,(H,16,17). The molecule has 1 aromatic rings. The van der Waals surface area contributed by atoms with Gasteiger partial charge in [-0.2, -0.15) is 0 Å². The van der Waals surface area contributed by atoms with Crippen molar-refractivity contribution in [3.8, 4) is 0 Å².